The molecule has 1 unspecified atom stereocenters. The number of hydrogen-bond acceptors (Lipinski definition) is 6. The van der Waals surface area contributed by atoms with Gasteiger partial charge in [-0.15, -0.1) is 0 Å². The zero-order chi connectivity index (χ0) is 20.0. The van der Waals surface area contributed by atoms with Gasteiger partial charge in [-0.1, -0.05) is 0 Å². The highest BCUT2D eigenvalue weighted by atomic mass is 19.1. The topological polar surface area (TPSA) is 114 Å². The molecule has 0 radical (unpaired) electrons. The van der Waals surface area contributed by atoms with Gasteiger partial charge in [-0.05, 0) is 18.6 Å². The summed E-state index contributed by atoms with van der Waals surface area (Å²) in [6, 6.07) is 2.11. The number of hydrogen-bond donors (Lipinski definition) is 2. The van der Waals surface area contributed by atoms with Gasteiger partial charge in [-0.2, -0.15) is 0 Å². The van der Waals surface area contributed by atoms with Crippen molar-refractivity contribution in [1.82, 2.24) is 14.5 Å². The number of anilines is 1. The highest BCUT2D eigenvalue weighted by Crippen LogP contribution is 2.26. The van der Waals surface area contributed by atoms with E-state index in [-0.39, 0.29) is 28.6 Å². The molecule has 8 nitrogen and oxygen atoms in total. The minimum absolute atomic E-state index is 0.0221. The van der Waals surface area contributed by atoms with Gasteiger partial charge in [0.05, 0.1) is 17.3 Å². The molecule has 0 saturated carbocycles. The molecule has 1 atom stereocenters. The van der Waals surface area contributed by atoms with Gasteiger partial charge in [0.15, 0.2) is 23.1 Å². The van der Waals surface area contributed by atoms with Crippen molar-refractivity contribution in [3.63, 3.8) is 0 Å². The molecule has 0 bridgehead atoms. The first-order valence-electron chi connectivity index (χ1n) is 8.46. The van der Waals surface area contributed by atoms with Gasteiger partial charge in [0.2, 0.25) is 5.43 Å². The van der Waals surface area contributed by atoms with E-state index in [0.717, 1.165) is 23.0 Å². The van der Waals surface area contributed by atoms with Gasteiger partial charge in [-0.25, -0.2) is 18.6 Å². The fourth-order valence-electron chi connectivity index (χ4n) is 3.32. The number of rotatable bonds is 3. The van der Waals surface area contributed by atoms with Crippen LogP contribution in [0.25, 0.3) is 16.7 Å². The molecule has 10 heteroatoms. The quantitative estimate of drug-likeness (QED) is 0.696. The van der Waals surface area contributed by atoms with Gasteiger partial charge >= 0.3 is 5.97 Å². The third kappa shape index (κ3) is 2.87. The molecule has 3 aromatic heterocycles. The second-order valence-corrected chi connectivity index (χ2v) is 6.53. The normalized spacial score (nSPS) is 16.7. The van der Waals surface area contributed by atoms with Crippen LogP contribution in [0.4, 0.5) is 14.6 Å². The molecular formula is C18H15F2N5O3. The van der Waals surface area contributed by atoms with E-state index in [1.54, 1.807) is 4.90 Å². The maximum Gasteiger partial charge on any atom is 0.341 e. The van der Waals surface area contributed by atoms with E-state index in [2.05, 4.69) is 9.97 Å². The van der Waals surface area contributed by atoms with Crippen molar-refractivity contribution in [1.29, 1.82) is 0 Å². The highest BCUT2D eigenvalue weighted by molar-refractivity contribution is 5.92. The zero-order valence-corrected chi connectivity index (χ0v) is 14.5. The Morgan fingerprint density at radius 2 is 2.11 bits per heavy atom. The summed E-state index contributed by atoms with van der Waals surface area (Å²) < 4.78 is 30.2. The lowest BCUT2D eigenvalue weighted by Gasteiger charge is -2.19. The van der Waals surface area contributed by atoms with Crippen LogP contribution >= 0.6 is 0 Å². The van der Waals surface area contributed by atoms with Crippen LogP contribution in [0.15, 0.2) is 35.5 Å². The van der Waals surface area contributed by atoms with E-state index < -0.39 is 28.6 Å². The summed E-state index contributed by atoms with van der Waals surface area (Å²) in [5.41, 5.74) is 4.23. The molecule has 1 saturated heterocycles. The van der Waals surface area contributed by atoms with Crippen LogP contribution in [0.3, 0.4) is 0 Å². The fourth-order valence-corrected chi connectivity index (χ4v) is 3.32. The van der Waals surface area contributed by atoms with Crippen LogP contribution in [-0.4, -0.2) is 44.7 Å². The molecule has 28 heavy (non-hydrogen) atoms. The molecule has 3 N–H and O–H groups in total. The molecule has 1 fully saturated rings. The van der Waals surface area contributed by atoms with E-state index in [9.17, 15) is 23.5 Å². The number of aromatic nitrogens is 3. The SMILES string of the molecule is NC1CCN(c2nc3c(cc2F)c(=O)c(C(=O)O)cn3-c2ccncc2F)C1. The number of nitrogens with two attached hydrogens (primary N) is 1. The van der Waals surface area contributed by atoms with Crippen molar-refractivity contribution in [3.05, 3.63) is 58.1 Å². The first kappa shape index (κ1) is 18.0. The number of pyridine rings is 3. The van der Waals surface area contributed by atoms with E-state index in [4.69, 9.17) is 5.73 Å². The van der Waals surface area contributed by atoms with Crippen LogP contribution in [-0.2, 0) is 0 Å². The Bertz CT molecular complexity index is 1160. The van der Waals surface area contributed by atoms with Crippen molar-refractivity contribution in [2.75, 3.05) is 18.0 Å². The first-order valence-corrected chi connectivity index (χ1v) is 8.46. The second kappa shape index (κ2) is 6.64. The Kier molecular flexibility index (Phi) is 4.27. The van der Waals surface area contributed by atoms with Gasteiger partial charge < -0.3 is 15.7 Å². The van der Waals surface area contributed by atoms with Crippen molar-refractivity contribution < 1.29 is 18.7 Å². The number of fused-ring (bicyclic) bond motifs is 1. The predicted molar refractivity (Wildman–Crippen MR) is 96.8 cm³/mol. The minimum Gasteiger partial charge on any atom is -0.477 e. The Labute approximate surface area is 156 Å². The van der Waals surface area contributed by atoms with Gasteiger partial charge in [0, 0.05) is 31.5 Å². The lowest BCUT2D eigenvalue weighted by molar-refractivity contribution is 0.0695. The number of carboxylic acids is 1. The number of nitrogens with zero attached hydrogens (tertiary/aromatic N) is 4. The molecule has 0 spiro atoms. The average molecular weight is 387 g/mol. The summed E-state index contributed by atoms with van der Waals surface area (Å²) in [5, 5.41) is 9.07. The molecule has 0 aliphatic carbocycles. The lowest BCUT2D eigenvalue weighted by atomic mass is 10.1. The molecule has 4 rings (SSSR count). The summed E-state index contributed by atoms with van der Waals surface area (Å²) in [5.74, 6) is -3.06. The van der Waals surface area contributed by atoms with Crippen molar-refractivity contribution in [3.8, 4) is 5.69 Å². The average Bonchev–Trinajstić information content (AvgIpc) is 3.08. The van der Waals surface area contributed by atoms with Gasteiger partial charge in [-0.3, -0.25) is 14.3 Å². The zero-order valence-electron chi connectivity index (χ0n) is 14.5. The van der Waals surface area contributed by atoms with Gasteiger partial charge in [0.1, 0.15) is 5.56 Å². The maximum absolute atomic E-state index is 14.7. The largest absolute Gasteiger partial charge is 0.477 e. The summed E-state index contributed by atoms with van der Waals surface area (Å²) >= 11 is 0. The first-order chi connectivity index (χ1) is 13.4. The number of aromatic carboxylic acids is 1. The Morgan fingerprint density at radius 1 is 1.32 bits per heavy atom. The van der Waals surface area contributed by atoms with Crippen LogP contribution in [0.2, 0.25) is 0 Å². The summed E-state index contributed by atoms with van der Waals surface area (Å²) in [6.45, 7) is 0.869. The smallest absolute Gasteiger partial charge is 0.341 e. The van der Waals surface area contributed by atoms with Gasteiger partial charge in [0.25, 0.3) is 0 Å². The predicted octanol–water partition coefficient (Wildman–Crippen LogP) is 1.29. The third-order valence-electron chi connectivity index (χ3n) is 4.68. The van der Waals surface area contributed by atoms with Crippen molar-refractivity contribution >= 4 is 22.8 Å². The monoisotopic (exact) mass is 387 g/mol. The van der Waals surface area contributed by atoms with E-state index in [0.29, 0.717) is 19.5 Å². The molecule has 1 aliphatic heterocycles. The Morgan fingerprint density at radius 3 is 2.75 bits per heavy atom. The van der Waals surface area contributed by atoms with Crippen molar-refractivity contribution in [2.24, 2.45) is 5.73 Å². The van der Waals surface area contributed by atoms with Crippen LogP contribution in [0.5, 0.6) is 0 Å². The van der Waals surface area contributed by atoms with E-state index in [1.807, 2.05) is 0 Å². The Balaban J connectivity index is 2.05. The summed E-state index contributed by atoms with van der Waals surface area (Å²) in [7, 11) is 0. The number of carboxylic acid groups (broad SMARTS) is 1. The minimum atomic E-state index is -1.51. The maximum atomic E-state index is 14.7. The van der Waals surface area contributed by atoms with E-state index >= 15 is 0 Å². The third-order valence-corrected chi connectivity index (χ3v) is 4.68. The van der Waals surface area contributed by atoms with Crippen LogP contribution < -0.4 is 16.1 Å². The molecule has 0 amide bonds. The van der Waals surface area contributed by atoms with E-state index in [1.165, 1.54) is 12.3 Å². The number of carbonyl (C=O) groups is 1. The number of halogens is 2. The highest BCUT2D eigenvalue weighted by Gasteiger charge is 2.26. The van der Waals surface area contributed by atoms with Crippen molar-refractivity contribution in [2.45, 2.75) is 12.5 Å². The molecule has 3 aromatic rings. The second-order valence-electron chi connectivity index (χ2n) is 6.53. The molecule has 144 valence electrons. The lowest BCUT2D eigenvalue weighted by Crippen LogP contribution is -2.28. The standard InChI is InChI=1S/C18H15F2N5O3/c19-12-5-10-15(26)11(18(27)28)8-25(14-1-3-22-6-13(14)20)16(10)23-17(12)24-4-2-9(21)7-24/h1,3,5-6,8-9H,2,4,7,21H2,(H,27,28). The molecule has 1 aliphatic rings. The summed E-state index contributed by atoms with van der Waals surface area (Å²) in [4.78, 5) is 33.6. The summed E-state index contributed by atoms with van der Waals surface area (Å²) in [6.07, 6.45) is 3.90. The molecule has 4 heterocycles. The van der Waals surface area contributed by atoms with Crippen LogP contribution in [0.1, 0.15) is 16.8 Å². The molecular weight excluding hydrogens is 372 g/mol. The molecule has 0 aromatic carbocycles. The Hall–Kier alpha value is -3.40. The fraction of sp³-hybridized carbons (Fsp3) is 0.222. The van der Waals surface area contributed by atoms with Crippen LogP contribution in [0, 0.1) is 11.6 Å².